The molecule has 0 aliphatic carbocycles. The molecule has 1 aromatic carbocycles. The third kappa shape index (κ3) is 3.29. The molecule has 23 heavy (non-hydrogen) atoms. The van der Waals surface area contributed by atoms with Gasteiger partial charge < -0.3 is 4.74 Å². The first kappa shape index (κ1) is 15.0. The van der Waals surface area contributed by atoms with Crippen LogP contribution in [0.2, 0.25) is 0 Å². The highest BCUT2D eigenvalue weighted by molar-refractivity contribution is 6.00. The number of Topliss-reactive ketones (excluding diaryl/α,β-unsaturated/α-hetero) is 1. The summed E-state index contributed by atoms with van der Waals surface area (Å²) in [6, 6.07) is 9.30. The Labute approximate surface area is 134 Å². The molecule has 0 aliphatic heterocycles. The van der Waals surface area contributed by atoms with Crippen LogP contribution in [-0.2, 0) is 13.5 Å². The Kier molecular flexibility index (Phi) is 4.19. The normalized spacial score (nSPS) is 10.5. The maximum atomic E-state index is 12.5. The van der Waals surface area contributed by atoms with E-state index < -0.39 is 0 Å². The minimum atomic E-state index is 0.00702. The number of nitrogens with zero attached hydrogens (tertiary/aromatic N) is 3. The molecule has 3 rings (SSSR count). The van der Waals surface area contributed by atoms with Gasteiger partial charge in [0.2, 0.25) is 0 Å². The van der Waals surface area contributed by atoms with Crippen molar-refractivity contribution < 1.29 is 9.53 Å². The zero-order valence-corrected chi connectivity index (χ0v) is 13.1. The van der Waals surface area contributed by atoms with Crippen molar-refractivity contribution in [3.63, 3.8) is 0 Å². The van der Waals surface area contributed by atoms with E-state index in [4.69, 9.17) is 4.74 Å². The standard InChI is InChI=1S/C18H17N3O2/c1-21-12-15(11-20-21)14-5-6-16(18(9-14)23-2)17(22)8-13-4-3-7-19-10-13/h3-7,9-12H,8H2,1-2H3. The van der Waals surface area contributed by atoms with Crippen LogP contribution in [0.3, 0.4) is 0 Å². The van der Waals surface area contributed by atoms with Crippen molar-refractivity contribution in [1.82, 2.24) is 14.8 Å². The van der Waals surface area contributed by atoms with Crippen LogP contribution in [0.25, 0.3) is 11.1 Å². The van der Waals surface area contributed by atoms with Crippen LogP contribution in [0.15, 0.2) is 55.1 Å². The first-order valence-corrected chi connectivity index (χ1v) is 7.26. The summed E-state index contributed by atoms with van der Waals surface area (Å²) < 4.78 is 7.15. The van der Waals surface area contributed by atoms with Crippen molar-refractivity contribution in [2.45, 2.75) is 6.42 Å². The lowest BCUT2D eigenvalue weighted by molar-refractivity contribution is 0.0990. The van der Waals surface area contributed by atoms with Gasteiger partial charge in [0.15, 0.2) is 5.78 Å². The predicted molar refractivity (Wildman–Crippen MR) is 87.5 cm³/mol. The van der Waals surface area contributed by atoms with Crippen LogP contribution in [0.4, 0.5) is 0 Å². The molecule has 3 aromatic rings. The Morgan fingerprint density at radius 1 is 1.22 bits per heavy atom. The van der Waals surface area contributed by atoms with Crippen molar-refractivity contribution >= 4 is 5.78 Å². The summed E-state index contributed by atoms with van der Waals surface area (Å²) in [7, 11) is 3.44. The van der Waals surface area contributed by atoms with Gasteiger partial charge in [0.25, 0.3) is 0 Å². The topological polar surface area (TPSA) is 57.0 Å². The van der Waals surface area contributed by atoms with E-state index in [9.17, 15) is 4.79 Å². The average molecular weight is 307 g/mol. The Morgan fingerprint density at radius 2 is 2.09 bits per heavy atom. The molecule has 0 amide bonds. The van der Waals surface area contributed by atoms with Gasteiger partial charge in [-0.2, -0.15) is 5.10 Å². The van der Waals surface area contributed by atoms with Crippen LogP contribution in [0.5, 0.6) is 5.75 Å². The summed E-state index contributed by atoms with van der Waals surface area (Å²) in [5.41, 5.74) is 3.41. The molecular weight excluding hydrogens is 290 g/mol. The van der Waals surface area contributed by atoms with Gasteiger partial charge in [0, 0.05) is 37.6 Å². The van der Waals surface area contributed by atoms with Crippen LogP contribution in [0.1, 0.15) is 15.9 Å². The predicted octanol–water partition coefficient (Wildman–Crippen LogP) is 2.92. The molecule has 0 N–H and O–H groups in total. The number of methoxy groups -OCH3 is 1. The van der Waals surface area contributed by atoms with Gasteiger partial charge in [0.1, 0.15) is 5.75 Å². The zero-order valence-electron chi connectivity index (χ0n) is 13.1. The smallest absolute Gasteiger partial charge is 0.171 e. The van der Waals surface area contributed by atoms with E-state index in [1.54, 1.807) is 36.4 Å². The second-order valence-electron chi connectivity index (χ2n) is 5.28. The quantitative estimate of drug-likeness (QED) is 0.680. The lowest BCUT2D eigenvalue weighted by atomic mass is 10.00. The van der Waals surface area contributed by atoms with Crippen molar-refractivity contribution in [3.05, 3.63) is 66.2 Å². The van der Waals surface area contributed by atoms with Crippen molar-refractivity contribution in [2.75, 3.05) is 7.11 Å². The SMILES string of the molecule is COc1cc(-c2cnn(C)c2)ccc1C(=O)Cc1cccnc1. The lowest BCUT2D eigenvalue weighted by Crippen LogP contribution is -2.06. The van der Waals surface area contributed by atoms with E-state index in [1.807, 2.05) is 37.5 Å². The van der Waals surface area contributed by atoms with E-state index in [0.717, 1.165) is 16.7 Å². The summed E-state index contributed by atoms with van der Waals surface area (Å²) in [4.78, 5) is 16.6. The number of benzene rings is 1. The molecule has 0 unspecified atom stereocenters. The number of ketones is 1. The fourth-order valence-electron chi connectivity index (χ4n) is 2.45. The van der Waals surface area contributed by atoms with Crippen LogP contribution in [-0.4, -0.2) is 27.7 Å². The van der Waals surface area contributed by atoms with E-state index >= 15 is 0 Å². The highest BCUT2D eigenvalue weighted by Crippen LogP contribution is 2.28. The number of aryl methyl sites for hydroxylation is 1. The lowest BCUT2D eigenvalue weighted by Gasteiger charge is -2.09. The molecular formula is C18H17N3O2. The molecule has 116 valence electrons. The largest absolute Gasteiger partial charge is 0.496 e. The number of carbonyl (C=O) groups is 1. The van der Waals surface area contributed by atoms with Gasteiger partial charge >= 0.3 is 0 Å². The molecule has 0 fully saturated rings. The maximum absolute atomic E-state index is 12.5. The van der Waals surface area contributed by atoms with Gasteiger partial charge in [-0.3, -0.25) is 14.5 Å². The number of hydrogen-bond donors (Lipinski definition) is 0. The summed E-state index contributed by atoms with van der Waals surface area (Å²) in [5.74, 6) is 0.577. The zero-order chi connectivity index (χ0) is 16.2. The van der Waals surface area contributed by atoms with Gasteiger partial charge in [0.05, 0.1) is 18.9 Å². The molecule has 5 heteroatoms. The van der Waals surface area contributed by atoms with Gasteiger partial charge in [-0.15, -0.1) is 0 Å². The number of pyridine rings is 1. The van der Waals surface area contributed by atoms with Gasteiger partial charge in [-0.05, 0) is 29.3 Å². The first-order chi connectivity index (χ1) is 11.2. The van der Waals surface area contributed by atoms with Crippen molar-refractivity contribution in [3.8, 4) is 16.9 Å². The average Bonchev–Trinajstić information content (AvgIpc) is 3.01. The van der Waals surface area contributed by atoms with E-state index in [0.29, 0.717) is 17.7 Å². The molecule has 0 spiro atoms. The maximum Gasteiger partial charge on any atom is 0.171 e. The molecule has 2 heterocycles. The number of hydrogen-bond acceptors (Lipinski definition) is 4. The van der Waals surface area contributed by atoms with E-state index in [1.165, 1.54) is 0 Å². The Bertz CT molecular complexity index is 825. The van der Waals surface area contributed by atoms with Crippen LogP contribution < -0.4 is 4.74 Å². The second kappa shape index (κ2) is 6.44. The monoisotopic (exact) mass is 307 g/mol. The molecule has 0 radical (unpaired) electrons. The Balaban J connectivity index is 1.89. The summed E-state index contributed by atoms with van der Waals surface area (Å²) >= 11 is 0. The molecule has 2 aromatic heterocycles. The summed E-state index contributed by atoms with van der Waals surface area (Å²) in [5, 5.41) is 4.16. The molecule has 0 saturated heterocycles. The Morgan fingerprint density at radius 3 is 2.74 bits per heavy atom. The third-order valence-electron chi connectivity index (χ3n) is 3.63. The number of ether oxygens (including phenoxy) is 1. The van der Waals surface area contributed by atoms with Crippen LogP contribution in [0, 0.1) is 0 Å². The van der Waals surface area contributed by atoms with Gasteiger partial charge in [-0.1, -0.05) is 12.1 Å². The minimum Gasteiger partial charge on any atom is -0.496 e. The molecule has 5 nitrogen and oxygen atoms in total. The number of rotatable bonds is 5. The fourth-order valence-corrected chi connectivity index (χ4v) is 2.45. The summed E-state index contributed by atoms with van der Waals surface area (Å²) in [6.45, 7) is 0. The molecule has 0 aliphatic rings. The number of carbonyl (C=O) groups excluding carboxylic acids is 1. The molecule has 0 atom stereocenters. The van der Waals surface area contributed by atoms with Crippen molar-refractivity contribution in [1.29, 1.82) is 0 Å². The second-order valence-corrected chi connectivity index (χ2v) is 5.28. The molecule has 0 saturated carbocycles. The molecule has 0 bridgehead atoms. The van der Waals surface area contributed by atoms with Gasteiger partial charge in [-0.25, -0.2) is 0 Å². The first-order valence-electron chi connectivity index (χ1n) is 7.26. The number of aromatic nitrogens is 3. The summed E-state index contributed by atoms with van der Waals surface area (Å²) in [6.07, 6.45) is 7.40. The van der Waals surface area contributed by atoms with E-state index in [-0.39, 0.29) is 5.78 Å². The van der Waals surface area contributed by atoms with Crippen LogP contribution >= 0.6 is 0 Å². The third-order valence-corrected chi connectivity index (χ3v) is 3.63. The highest BCUT2D eigenvalue weighted by Gasteiger charge is 2.14. The fraction of sp³-hybridized carbons (Fsp3) is 0.167. The van der Waals surface area contributed by atoms with E-state index in [2.05, 4.69) is 10.1 Å². The van der Waals surface area contributed by atoms with Crippen molar-refractivity contribution in [2.24, 2.45) is 7.05 Å². The minimum absolute atomic E-state index is 0.00702. The highest BCUT2D eigenvalue weighted by atomic mass is 16.5. The Hall–Kier alpha value is -2.95.